The first kappa shape index (κ1) is 12.4. The Morgan fingerprint density at radius 2 is 2.06 bits per heavy atom. The lowest BCUT2D eigenvalue weighted by atomic mass is 9.86. The molecule has 0 amide bonds. The molecule has 0 unspecified atom stereocenters. The number of aliphatic hydroxyl groups excluding tert-OH is 1. The van der Waals surface area contributed by atoms with E-state index in [4.69, 9.17) is 4.74 Å². The van der Waals surface area contributed by atoms with E-state index in [0.717, 1.165) is 6.54 Å². The average molecular weight is 235 g/mol. The first-order valence-corrected chi connectivity index (χ1v) is 6.03. The predicted molar refractivity (Wildman–Crippen MR) is 69.5 cm³/mol. The fourth-order valence-electron chi connectivity index (χ4n) is 2.34. The third-order valence-electron chi connectivity index (χ3n) is 3.50. The Labute approximate surface area is 103 Å². The number of ether oxygens (including phenoxy) is 1. The van der Waals surface area contributed by atoms with Crippen LogP contribution >= 0.6 is 0 Å². The lowest BCUT2D eigenvalue weighted by Crippen LogP contribution is -2.52. The van der Waals surface area contributed by atoms with E-state index in [2.05, 4.69) is 44.0 Å². The number of benzene rings is 1. The van der Waals surface area contributed by atoms with Crippen LogP contribution in [0.25, 0.3) is 0 Å². The second-order valence-corrected chi connectivity index (χ2v) is 5.30. The van der Waals surface area contributed by atoms with Crippen molar-refractivity contribution in [2.24, 2.45) is 5.41 Å². The van der Waals surface area contributed by atoms with Crippen molar-refractivity contribution in [1.82, 2.24) is 0 Å². The first-order valence-electron chi connectivity index (χ1n) is 6.03. The van der Waals surface area contributed by atoms with Crippen LogP contribution in [0.4, 0.5) is 5.69 Å². The first-order chi connectivity index (χ1) is 8.06. The molecule has 1 N–H and O–H groups in total. The molecular formula is C14H21NO2. The van der Waals surface area contributed by atoms with Crippen molar-refractivity contribution in [2.75, 3.05) is 38.3 Å². The van der Waals surface area contributed by atoms with E-state index in [-0.39, 0.29) is 12.0 Å². The van der Waals surface area contributed by atoms with Crippen molar-refractivity contribution in [2.45, 2.75) is 13.8 Å². The number of hydrogen-bond acceptors (Lipinski definition) is 3. The summed E-state index contributed by atoms with van der Waals surface area (Å²) < 4.78 is 5.23. The van der Waals surface area contributed by atoms with Crippen LogP contribution in [0.2, 0.25) is 0 Å². The van der Waals surface area contributed by atoms with Gasteiger partial charge in [-0.05, 0) is 31.0 Å². The monoisotopic (exact) mass is 235 g/mol. The van der Waals surface area contributed by atoms with E-state index in [1.54, 1.807) is 0 Å². The lowest BCUT2D eigenvalue weighted by Gasteiger charge is -2.43. The minimum Gasteiger partial charge on any atom is -0.396 e. The maximum Gasteiger partial charge on any atom is 0.0584 e. The molecule has 94 valence electrons. The molecular weight excluding hydrogens is 214 g/mol. The molecule has 0 aliphatic carbocycles. The molecule has 3 nitrogen and oxygen atoms in total. The number of hydrogen-bond donors (Lipinski definition) is 1. The van der Waals surface area contributed by atoms with Gasteiger partial charge in [0.1, 0.15) is 0 Å². The largest absolute Gasteiger partial charge is 0.396 e. The molecule has 3 heteroatoms. The Bertz CT molecular complexity index is 394. The van der Waals surface area contributed by atoms with Crippen molar-refractivity contribution < 1.29 is 9.84 Å². The van der Waals surface area contributed by atoms with E-state index in [1.807, 2.05) is 0 Å². The van der Waals surface area contributed by atoms with E-state index >= 15 is 0 Å². The lowest BCUT2D eigenvalue weighted by molar-refractivity contribution is -0.130. The van der Waals surface area contributed by atoms with Gasteiger partial charge in [0.25, 0.3) is 0 Å². The second kappa shape index (κ2) is 4.67. The van der Waals surface area contributed by atoms with Crippen molar-refractivity contribution in [3.63, 3.8) is 0 Å². The van der Waals surface area contributed by atoms with Gasteiger partial charge in [-0.25, -0.2) is 0 Å². The van der Waals surface area contributed by atoms with Crippen molar-refractivity contribution in [1.29, 1.82) is 0 Å². The topological polar surface area (TPSA) is 32.7 Å². The highest BCUT2D eigenvalue weighted by Gasteiger charge is 2.39. The minimum atomic E-state index is -0.0645. The zero-order valence-electron chi connectivity index (χ0n) is 10.9. The molecule has 1 aliphatic rings. The molecule has 0 bridgehead atoms. The molecule has 1 fully saturated rings. The summed E-state index contributed by atoms with van der Waals surface area (Å²) in [4.78, 5) is 2.22. The zero-order chi connectivity index (χ0) is 12.5. The summed E-state index contributed by atoms with van der Waals surface area (Å²) in [5, 5.41) is 9.45. The molecule has 0 saturated carbocycles. The van der Waals surface area contributed by atoms with Crippen molar-refractivity contribution in [3.8, 4) is 0 Å². The van der Waals surface area contributed by atoms with Crippen molar-refractivity contribution >= 4 is 5.69 Å². The molecule has 1 aromatic carbocycles. The molecule has 1 heterocycles. The van der Waals surface area contributed by atoms with Gasteiger partial charge < -0.3 is 14.7 Å². The maximum absolute atomic E-state index is 9.45. The molecule has 1 saturated heterocycles. The summed E-state index contributed by atoms with van der Waals surface area (Å²) in [5.41, 5.74) is 3.71. The standard InChI is InChI=1S/C14H21NO2/c1-11-4-5-12(2)13(6-11)15(3)7-14(8-16)9-17-10-14/h4-6,16H,7-10H2,1-3H3. The van der Waals surface area contributed by atoms with Gasteiger partial charge in [0.2, 0.25) is 0 Å². The third-order valence-corrected chi connectivity index (χ3v) is 3.50. The Balaban J connectivity index is 2.13. The predicted octanol–water partition coefficient (Wildman–Crippen LogP) is 1.75. The molecule has 1 aromatic rings. The van der Waals surface area contributed by atoms with Gasteiger partial charge in [0.15, 0.2) is 0 Å². The fraction of sp³-hybridized carbons (Fsp3) is 0.571. The van der Waals surface area contributed by atoms with Gasteiger partial charge in [-0.2, -0.15) is 0 Å². The van der Waals surface area contributed by atoms with Gasteiger partial charge in [-0.3, -0.25) is 0 Å². The Kier molecular flexibility index (Phi) is 3.40. The summed E-state index contributed by atoms with van der Waals surface area (Å²) in [6.45, 7) is 6.59. The third kappa shape index (κ3) is 2.45. The van der Waals surface area contributed by atoms with Gasteiger partial charge in [0, 0.05) is 19.3 Å². The van der Waals surface area contributed by atoms with E-state index in [0.29, 0.717) is 13.2 Å². The molecule has 17 heavy (non-hydrogen) atoms. The summed E-state index contributed by atoms with van der Waals surface area (Å²) in [6, 6.07) is 6.46. The number of anilines is 1. The van der Waals surface area contributed by atoms with Gasteiger partial charge in [-0.1, -0.05) is 12.1 Å². The van der Waals surface area contributed by atoms with Crippen molar-refractivity contribution in [3.05, 3.63) is 29.3 Å². The molecule has 0 aromatic heterocycles. The Morgan fingerprint density at radius 1 is 1.35 bits per heavy atom. The molecule has 0 radical (unpaired) electrons. The summed E-state index contributed by atoms with van der Waals surface area (Å²) >= 11 is 0. The highest BCUT2D eigenvalue weighted by atomic mass is 16.5. The second-order valence-electron chi connectivity index (χ2n) is 5.30. The van der Waals surface area contributed by atoms with Crippen LogP contribution in [-0.2, 0) is 4.74 Å². The summed E-state index contributed by atoms with van der Waals surface area (Å²) in [6.07, 6.45) is 0. The molecule has 0 spiro atoms. The number of aryl methyl sites for hydroxylation is 2. The average Bonchev–Trinajstić information content (AvgIpc) is 2.26. The van der Waals surface area contributed by atoms with Crippen LogP contribution in [-0.4, -0.2) is 38.5 Å². The van der Waals surface area contributed by atoms with E-state index < -0.39 is 0 Å². The van der Waals surface area contributed by atoms with Gasteiger partial charge in [-0.15, -0.1) is 0 Å². The summed E-state index contributed by atoms with van der Waals surface area (Å²) in [5.74, 6) is 0. The van der Waals surface area contributed by atoms with Crippen LogP contribution in [0.5, 0.6) is 0 Å². The van der Waals surface area contributed by atoms with Gasteiger partial charge in [0.05, 0.1) is 25.2 Å². The maximum atomic E-state index is 9.45. The minimum absolute atomic E-state index is 0.0645. The number of rotatable bonds is 4. The normalized spacial score (nSPS) is 17.6. The Morgan fingerprint density at radius 3 is 2.59 bits per heavy atom. The van der Waals surface area contributed by atoms with E-state index in [1.165, 1.54) is 16.8 Å². The highest BCUT2D eigenvalue weighted by Crippen LogP contribution is 2.30. The zero-order valence-corrected chi connectivity index (χ0v) is 10.9. The van der Waals surface area contributed by atoms with Gasteiger partial charge >= 0.3 is 0 Å². The molecule has 0 atom stereocenters. The van der Waals surface area contributed by atoms with Crippen LogP contribution in [0.3, 0.4) is 0 Å². The van der Waals surface area contributed by atoms with Crippen LogP contribution in [0.15, 0.2) is 18.2 Å². The van der Waals surface area contributed by atoms with Crippen LogP contribution < -0.4 is 4.90 Å². The molecule has 2 rings (SSSR count). The summed E-state index contributed by atoms with van der Waals surface area (Å²) in [7, 11) is 2.08. The Hall–Kier alpha value is -1.06. The van der Waals surface area contributed by atoms with Crippen LogP contribution in [0.1, 0.15) is 11.1 Å². The number of aliphatic hydroxyl groups is 1. The smallest absolute Gasteiger partial charge is 0.0584 e. The number of nitrogens with zero attached hydrogens (tertiary/aromatic N) is 1. The quantitative estimate of drug-likeness (QED) is 0.863. The SMILES string of the molecule is Cc1ccc(C)c(N(C)CC2(CO)COC2)c1. The molecule has 1 aliphatic heterocycles. The fourth-order valence-corrected chi connectivity index (χ4v) is 2.34. The van der Waals surface area contributed by atoms with Crippen LogP contribution in [0, 0.1) is 19.3 Å². The van der Waals surface area contributed by atoms with E-state index in [9.17, 15) is 5.11 Å². The highest BCUT2D eigenvalue weighted by molar-refractivity contribution is 5.54.